The van der Waals surface area contributed by atoms with E-state index in [-0.39, 0.29) is 23.1 Å². The first-order chi connectivity index (χ1) is 24.8. The fourth-order valence-corrected chi connectivity index (χ4v) is 6.50. The summed E-state index contributed by atoms with van der Waals surface area (Å²) >= 11 is 0. The number of pyridine rings is 3. The van der Waals surface area contributed by atoms with Gasteiger partial charge in [0.2, 0.25) is 0 Å². The number of aromatic nitrogens is 3. The van der Waals surface area contributed by atoms with E-state index >= 15 is 0 Å². The molecule has 0 saturated carbocycles. The standard InChI is InChI=1S/C43H45N5O3/c1-29(2)35-20-11-21-36(30(3)4)39(35)46-43(50)47-40-38(32-17-10-19-34(28-32)51-27-23-33-18-8-9-24-44-33)37-22-12-25-45-41(37)48(42(40)49)26-13-16-31-14-6-5-7-15-31/h5-12,14-15,17-22,24-25,28-30H,13,16,23,26-27H2,1-4H3,(H2,46,47,50). The number of aryl methyl sites for hydroxylation is 2. The molecule has 0 bridgehead atoms. The zero-order valence-electron chi connectivity index (χ0n) is 29.7. The lowest BCUT2D eigenvalue weighted by Crippen LogP contribution is -2.30. The number of ether oxygens (including phenoxy) is 1. The predicted octanol–water partition coefficient (Wildman–Crippen LogP) is 9.60. The number of para-hydroxylation sites is 1. The molecule has 0 radical (unpaired) electrons. The molecule has 0 spiro atoms. The molecule has 2 amide bonds. The van der Waals surface area contributed by atoms with Crippen LogP contribution in [-0.4, -0.2) is 27.2 Å². The summed E-state index contributed by atoms with van der Waals surface area (Å²) < 4.78 is 7.85. The average molecular weight is 680 g/mol. The molecule has 51 heavy (non-hydrogen) atoms. The molecule has 6 rings (SSSR count). The molecule has 0 fully saturated rings. The number of rotatable bonds is 13. The van der Waals surface area contributed by atoms with Crippen LogP contribution in [0.5, 0.6) is 5.75 Å². The van der Waals surface area contributed by atoms with E-state index < -0.39 is 6.03 Å². The van der Waals surface area contributed by atoms with Crippen molar-refractivity contribution in [3.8, 4) is 16.9 Å². The SMILES string of the molecule is CC(C)c1cccc(C(C)C)c1NC(=O)Nc1c(-c2cccc(OCCc3ccccn3)c2)c2cccnc2n(CCCc2ccccc2)c1=O. The van der Waals surface area contributed by atoms with Crippen molar-refractivity contribution in [3.05, 3.63) is 148 Å². The van der Waals surface area contributed by atoms with E-state index in [1.807, 2.05) is 91.0 Å². The van der Waals surface area contributed by atoms with Crippen LogP contribution in [0.1, 0.15) is 68.3 Å². The van der Waals surface area contributed by atoms with Gasteiger partial charge in [-0.25, -0.2) is 9.78 Å². The minimum Gasteiger partial charge on any atom is -0.493 e. The second-order valence-corrected chi connectivity index (χ2v) is 13.3. The van der Waals surface area contributed by atoms with E-state index in [0.29, 0.717) is 36.5 Å². The number of amides is 2. The minimum absolute atomic E-state index is 0.184. The zero-order chi connectivity index (χ0) is 35.7. The van der Waals surface area contributed by atoms with E-state index in [4.69, 9.17) is 9.72 Å². The van der Waals surface area contributed by atoms with Gasteiger partial charge in [-0.2, -0.15) is 0 Å². The fourth-order valence-electron chi connectivity index (χ4n) is 6.50. The van der Waals surface area contributed by atoms with Gasteiger partial charge in [-0.1, -0.05) is 94.4 Å². The first-order valence-corrected chi connectivity index (χ1v) is 17.7. The molecule has 3 aromatic carbocycles. The Labute approximate surface area is 299 Å². The number of carbonyl (C=O) groups is 1. The Morgan fingerprint density at radius 1 is 0.745 bits per heavy atom. The summed E-state index contributed by atoms with van der Waals surface area (Å²) in [5, 5.41) is 6.91. The largest absolute Gasteiger partial charge is 0.493 e. The molecule has 3 aromatic heterocycles. The third-order valence-electron chi connectivity index (χ3n) is 9.04. The van der Waals surface area contributed by atoms with Crippen molar-refractivity contribution in [2.45, 2.75) is 65.3 Å². The van der Waals surface area contributed by atoms with Crippen LogP contribution in [0, 0.1) is 0 Å². The van der Waals surface area contributed by atoms with E-state index in [1.165, 1.54) is 5.56 Å². The van der Waals surface area contributed by atoms with E-state index in [0.717, 1.165) is 46.3 Å². The van der Waals surface area contributed by atoms with Gasteiger partial charge in [0.1, 0.15) is 17.1 Å². The van der Waals surface area contributed by atoms with E-state index in [1.54, 1.807) is 17.0 Å². The summed E-state index contributed by atoms with van der Waals surface area (Å²) in [6.07, 6.45) is 5.65. The monoisotopic (exact) mass is 679 g/mol. The molecule has 0 aliphatic rings. The smallest absolute Gasteiger partial charge is 0.323 e. The van der Waals surface area contributed by atoms with Crippen LogP contribution >= 0.6 is 0 Å². The highest BCUT2D eigenvalue weighted by atomic mass is 16.5. The molecule has 0 saturated heterocycles. The second-order valence-electron chi connectivity index (χ2n) is 13.3. The number of benzene rings is 3. The molecule has 0 aliphatic heterocycles. The van der Waals surface area contributed by atoms with E-state index in [2.05, 4.69) is 55.4 Å². The van der Waals surface area contributed by atoms with Gasteiger partial charge in [0, 0.05) is 47.7 Å². The number of carbonyl (C=O) groups excluding carboxylic acids is 1. The number of hydrogen-bond donors (Lipinski definition) is 2. The lowest BCUT2D eigenvalue weighted by molar-refractivity contribution is 0.262. The Kier molecular flexibility index (Phi) is 11.2. The van der Waals surface area contributed by atoms with Crippen LogP contribution in [0.15, 0.2) is 120 Å². The van der Waals surface area contributed by atoms with Crippen molar-refractivity contribution in [3.63, 3.8) is 0 Å². The highest BCUT2D eigenvalue weighted by Crippen LogP contribution is 2.36. The maximum atomic E-state index is 14.6. The van der Waals surface area contributed by atoms with Crippen molar-refractivity contribution in [1.29, 1.82) is 0 Å². The van der Waals surface area contributed by atoms with Gasteiger partial charge >= 0.3 is 6.03 Å². The molecule has 260 valence electrons. The third kappa shape index (κ3) is 8.35. The summed E-state index contributed by atoms with van der Waals surface area (Å²) in [4.78, 5) is 37.8. The maximum absolute atomic E-state index is 14.6. The Bertz CT molecular complexity index is 2130. The van der Waals surface area contributed by atoms with Gasteiger partial charge in [0.15, 0.2) is 0 Å². The van der Waals surface area contributed by atoms with Gasteiger partial charge in [0.25, 0.3) is 5.56 Å². The van der Waals surface area contributed by atoms with Gasteiger partial charge in [-0.15, -0.1) is 0 Å². The van der Waals surface area contributed by atoms with Gasteiger partial charge in [-0.05, 0) is 83.3 Å². The van der Waals surface area contributed by atoms with Crippen molar-refractivity contribution in [1.82, 2.24) is 14.5 Å². The highest BCUT2D eigenvalue weighted by Gasteiger charge is 2.23. The van der Waals surface area contributed by atoms with Gasteiger partial charge in [0.05, 0.1) is 6.61 Å². The van der Waals surface area contributed by atoms with Crippen molar-refractivity contribution < 1.29 is 9.53 Å². The van der Waals surface area contributed by atoms with Crippen LogP contribution in [0.4, 0.5) is 16.2 Å². The molecule has 8 heteroatoms. The summed E-state index contributed by atoms with van der Waals surface area (Å²) in [5.74, 6) is 1.02. The quantitative estimate of drug-likeness (QED) is 0.127. The Balaban J connectivity index is 1.40. The van der Waals surface area contributed by atoms with Crippen molar-refractivity contribution in [2.75, 3.05) is 17.2 Å². The summed E-state index contributed by atoms with van der Waals surface area (Å²) in [7, 11) is 0. The number of hydrogen-bond acceptors (Lipinski definition) is 5. The Hall–Kier alpha value is -5.76. The molecule has 0 atom stereocenters. The molecular weight excluding hydrogens is 635 g/mol. The lowest BCUT2D eigenvalue weighted by atomic mass is 9.93. The average Bonchev–Trinajstić information content (AvgIpc) is 3.14. The topological polar surface area (TPSA) is 98.1 Å². The predicted molar refractivity (Wildman–Crippen MR) is 207 cm³/mol. The molecule has 3 heterocycles. The van der Waals surface area contributed by atoms with Crippen LogP contribution in [0.3, 0.4) is 0 Å². The first-order valence-electron chi connectivity index (χ1n) is 17.7. The number of fused-ring (bicyclic) bond motifs is 1. The Morgan fingerprint density at radius 3 is 2.18 bits per heavy atom. The molecule has 0 unspecified atom stereocenters. The third-order valence-corrected chi connectivity index (χ3v) is 9.04. The molecule has 0 aliphatic carbocycles. The van der Waals surface area contributed by atoms with Crippen molar-refractivity contribution in [2.24, 2.45) is 0 Å². The van der Waals surface area contributed by atoms with Crippen LogP contribution in [0.25, 0.3) is 22.2 Å². The summed E-state index contributed by atoms with van der Waals surface area (Å²) in [6.45, 7) is 9.30. The minimum atomic E-state index is -0.481. The number of nitrogens with zero attached hydrogens (tertiary/aromatic N) is 3. The van der Waals surface area contributed by atoms with Crippen LogP contribution in [0.2, 0.25) is 0 Å². The van der Waals surface area contributed by atoms with Crippen LogP contribution < -0.4 is 20.9 Å². The summed E-state index contributed by atoms with van der Waals surface area (Å²) in [6, 6.07) is 33.1. The normalized spacial score (nSPS) is 11.3. The first kappa shape index (κ1) is 35.1. The lowest BCUT2D eigenvalue weighted by Gasteiger charge is -2.22. The molecule has 8 nitrogen and oxygen atoms in total. The summed E-state index contributed by atoms with van der Waals surface area (Å²) in [5.41, 5.74) is 6.74. The van der Waals surface area contributed by atoms with Gasteiger partial charge in [-0.3, -0.25) is 14.3 Å². The molecule has 2 N–H and O–H groups in total. The molecular formula is C43H45N5O3. The van der Waals surface area contributed by atoms with Gasteiger partial charge < -0.3 is 15.4 Å². The highest BCUT2D eigenvalue weighted by molar-refractivity contribution is 6.07. The maximum Gasteiger partial charge on any atom is 0.323 e. The second kappa shape index (κ2) is 16.3. The van der Waals surface area contributed by atoms with Crippen molar-refractivity contribution >= 4 is 28.4 Å². The zero-order valence-corrected chi connectivity index (χ0v) is 29.7. The number of nitrogens with one attached hydrogen (secondary N) is 2. The van der Waals surface area contributed by atoms with E-state index in [9.17, 15) is 9.59 Å². The van der Waals surface area contributed by atoms with Crippen LogP contribution in [-0.2, 0) is 19.4 Å². The molecule has 6 aromatic rings. The fraction of sp³-hybridized carbons (Fsp3) is 0.256. The number of urea groups is 1. The Morgan fingerprint density at radius 2 is 1.45 bits per heavy atom. The number of anilines is 2.